The van der Waals surface area contributed by atoms with Crippen LogP contribution in [0.1, 0.15) is 183 Å². The normalized spacial score (nSPS) is 15.9. The number of likely N-dealkylation sites (N-methyl/N-ethyl adjacent to an activating group) is 7. The van der Waals surface area contributed by atoms with Crippen LogP contribution < -0.4 is 21.7 Å². The number of hydrogen-bond acceptors (Lipinski definition) is 12. The van der Waals surface area contributed by atoms with Gasteiger partial charge in [-0.25, -0.2) is 0 Å². The first-order valence-electron chi connectivity index (χ1n) is 32.8. The first-order valence-corrected chi connectivity index (χ1v) is 32.8. The van der Waals surface area contributed by atoms with Crippen LogP contribution in [0.15, 0.2) is 12.2 Å². The number of nitrogens with two attached hydrogens (primary N) is 1. The van der Waals surface area contributed by atoms with Crippen LogP contribution in [0.25, 0.3) is 0 Å². The summed E-state index contributed by atoms with van der Waals surface area (Å²) in [5, 5.41) is 20.5. The summed E-state index contributed by atoms with van der Waals surface area (Å²) < 4.78 is 0. The number of aliphatic hydroxyl groups is 1. The highest BCUT2D eigenvalue weighted by atomic mass is 16.3. The van der Waals surface area contributed by atoms with Gasteiger partial charge in [0.2, 0.25) is 65.0 Å². The summed E-state index contributed by atoms with van der Waals surface area (Å²) >= 11 is 0. The molecule has 0 aromatic rings. The molecule has 0 aliphatic rings. The van der Waals surface area contributed by atoms with Gasteiger partial charge in [0.25, 0.3) is 0 Å². The topological polar surface area (TPSA) is 293 Å². The average Bonchev–Trinajstić information content (AvgIpc) is 0.886. The minimum absolute atomic E-state index is 0.0359. The highest BCUT2D eigenvalue weighted by Crippen LogP contribution is 2.26. The largest absolute Gasteiger partial charge is 0.390 e. The predicted octanol–water partition coefficient (Wildman–Crippen LogP) is 5.31. The molecule has 0 rings (SSSR count). The fraction of sp³-hybridized carbons (Fsp3) is 0.806. The molecule has 0 spiro atoms. The number of amides is 11. The molecule has 0 heterocycles. The molecule has 0 saturated carbocycles. The molecule has 23 nitrogen and oxygen atoms in total. The van der Waals surface area contributed by atoms with Gasteiger partial charge >= 0.3 is 0 Å². The summed E-state index contributed by atoms with van der Waals surface area (Å²) in [6.45, 7) is 34.6. The number of aliphatic hydroxyl groups excluding tert-OH is 1. The van der Waals surface area contributed by atoms with Crippen molar-refractivity contribution in [1.29, 1.82) is 0 Å². The molecule has 0 aromatic heterocycles. The molecule has 0 radical (unpaired) electrons. The molecule has 0 aliphatic heterocycles. The van der Waals surface area contributed by atoms with Crippen molar-refractivity contribution >= 4 is 65.0 Å². The maximum Gasteiger partial charge on any atom is 0.246 e. The van der Waals surface area contributed by atoms with E-state index in [0.717, 1.165) is 9.80 Å². The van der Waals surface area contributed by atoms with E-state index in [0.29, 0.717) is 25.7 Å². The Labute approximate surface area is 541 Å². The lowest BCUT2D eigenvalue weighted by atomic mass is 9.91. The molecular weight excluding hydrogens is 1150 g/mol. The van der Waals surface area contributed by atoms with Gasteiger partial charge < -0.3 is 61.1 Å². The molecular formula is C67H123N11O12. The minimum atomic E-state index is -1.60. The number of nitrogens with zero attached hydrogens (tertiary/aromatic N) is 7. The van der Waals surface area contributed by atoms with Gasteiger partial charge in [-0.1, -0.05) is 130 Å². The lowest BCUT2D eigenvalue weighted by Crippen LogP contribution is -2.63. The number of primary amides is 1. The second-order valence-electron chi connectivity index (χ2n) is 28.3. The molecule has 6 N–H and O–H groups in total. The highest BCUT2D eigenvalue weighted by molar-refractivity contribution is 5.99. The van der Waals surface area contributed by atoms with Gasteiger partial charge in [0.05, 0.1) is 12.6 Å². The van der Waals surface area contributed by atoms with Crippen LogP contribution in [0.5, 0.6) is 0 Å². The monoisotopic (exact) mass is 1270 g/mol. The van der Waals surface area contributed by atoms with Gasteiger partial charge in [0.15, 0.2) is 0 Å². The summed E-state index contributed by atoms with van der Waals surface area (Å²) in [7, 11) is 10.2. The minimum Gasteiger partial charge on any atom is -0.390 e. The Kier molecular flexibility index (Phi) is 36.6. The van der Waals surface area contributed by atoms with Gasteiger partial charge in [-0.2, -0.15) is 0 Å². The van der Waals surface area contributed by atoms with E-state index in [1.165, 1.54) is 73.7 Å². The molecule has 0 bridgehead atoms. The molecule has 0 aromatic carbocycles. The van der Waals surface area contributed by atoms with E-state index in [2.05, 4.69) is 16.0 Å². The van der Waals surface area contributed by atoms with E-state index >= 15 is 14.4 Å². The van der Waals surface area contributed by atoms with Crippen LogP contribution >= 0.6 is 0 Å². The molecule has 0 fully saturated rings. The summed E-state index contributed by atoms with van der Waals surface area (Å²) in [5.41, 5.74) is 5.64. The van der Waals surface area contributed by atoms with Crippen LogP contribution in [0.2, 0.25) is 0 Å². The molecule has 0 saturated heterocycles. The Morgan fingerprint density at radius 1 is 0.433 bits per heavy atom. The Morgan fingerprint density at radius 2 is 0.844 bits per heavy atom. The average molecular weight is 1270 g/mol. The van der Waals surface area contributed by atoms with Crippen molar-refractivity contribution in [2.24, 2.45) is 59.0 Å². The van der Waals surface area contributed by atoms with E-state index < -0.39 is 138 Å². The molecule has 12 atom stereocenters. The quantitative estimate of drug-likeness (QED) is 0.0490. The third-order valence-electron chi connectivity index (χ3n) is 16.7. The third kappa shape index (κ3) is 25.9. The van der Waals surface area contributed by atoms with E-state index in [-0.39, 0.29) is 73.0 Å². The number of allylic oxidation sites excluding steroid dienone is 2. The third-order valence-corrected chi connectivity index (χ3v) is 16.7. The Balaban J connectivity index is 7.22. The number of nitrogens with one attached hydrogen (secondary N) is 3. The van der Waals surface area contributed by atoms with E-state index in [1.54, 1.807) is 47.7 Å². The molecule has 1 unspecified atom stereocenters. The smallest absolute Gasteiger partial charge is 0.246 e. The van der Waals surface area contributed by atoms with Crippen molar-refractivity contribution in [2.45, 2.75) is 243 Å². The molecule has 90 heavy (non-hydrogen) atoms. The standard InChI is InChI=1S/C67H123N11O12/c1-27-29-30-45(17)57(80)56(61(84)70-48(28-2)64(87)72(20)37-54(79)73(21)50(58(68)81)33-40(7)8)78(26)67(90)55(44(15)16)77(25)66(89)53(36-43(13)14)76(24)65(88)52(35-42(11)12)75(23)63(86)47(19)69-59(82)49(32-39(5)6)71-60(83)51(34-41(9)10)74(22)62(85)46(18)31-38(3)4/h27,29,38-53,55-57,80H,28,30-37H2,1-26H3,(H2,68,81)(H,69,82)(H,70,84)(H,71,83)/b29-27+/t45-,46+,47-,48-,49+,50-,51-,52+,53+,55-,56?,57-/m0/s1. The summed E-state index contributed by atoms with van der Waals surface area (Å²) in [4.78, 5) is 165. The maximum absolute atomic E-state index is 15.2. The van der Waals surface area contributed by atoms with Crippen molar-refractivity contribution in [2.75, 3.05) is 55.9 Å². The van der Waals surface area contributed by atoms with Crippen molar-refractivity contribution in [1.82, 2.24) is 50.2 Å². The summed E-state index contributed by atoms with van der Waals surface area (Å²) in [6, 6.07) is -10.4. The first-order chi connectivity index (χ1) is 41.4. The number of carbonyl (C=O) groups is 11. The molecule has 0 aliphatic carbocycles. The second kappa shape index (κ2) is 39.3. The zero-order valence-corrected chi connectivity index (χ0v) is 60.1. The van der Waals surface area contributed by atoms with Crippen LogP contribution in [0.3, 0.4) is 0 Å². The molecule has 23 heteroatoms. The number of hydrogen-bond donors (Lipinski definition) is 5. The zero-order valence-electron chi connectivity index (χ0n) is 60.1. The predicted molar refractivity (Wildman–Crippen MR) is 353 cm³/mol. The first kappa shape index (κ1) is 83.9. The number of carbonyl (C=O) groups excluding carboxylic acids is 11. The van der Waals surface area contributed by atoms with Gasteiger partial charge in [-0.15, -0.1) is 0 Å². The lowest BCUT2D eigenvalue weighted by Gasteiger charge is -2.41. The van der Waals surface area contributed by atoms with Crippen LogP contribution in [-0.4, -0.2) is 221 Å². The van der Waals surface area contributed by atoms with Crippen molar-refractivity contribution < 1.29 is 57.8 Å². The number of rotatable bonds is 39. The maximum atomic E-state index is 15.2. The molecule has 518 valence electrons. The Morgan fingerprint density at radius 3 is 1.28 bits per heavy atom. The fourth-order valence-corrected chi connectivity index (χ4v) is 11.4. The van der Waals surface area contributed by atoms with Gasteiger partial charge in [-0.3, -0.25) is 52.7 Å². The Bertz CT molecular complexity index is 2400. The van der Waals surface area contributed by atoms with Gasteiger partial charge in [0.1, 0.15) is 54.4 Å². The van der Waals surface area contributed by atoms with Gasteiger partial charge in [0, 0.05) is 55.3 Å². The van der Waals surface area contributed by atoms with E-state index in [4.69, 9.17) is 5.73 Å². The lowest BCUT2D eigenvalue weighted by molar-refractivity contribution is -0.157. The molecule has 11 amide bonds. The summed E-state index contributed by atoms with van der Waals surface area (Å²) in [6.07, 6.45) is 4.30. The van der Waals surface area contributed by atoms with Gasteiger partial charge in [-0.05, 0) is 113 Å². The van der Waals surface area contributed by atoms with Crippen molar-refractivity contribution in [3.05, 3.63) is 12.2 Å². The Hall–Kier alpha value is -6.13. The fourth-order valence-electron chi connectivity index (χ4n) is 11.4. The van der Waals surface area contributed by atoms with Crippen molar-refractivity contribution in [3.63, 3.8) is 0 Å². The van der Waals surface area contributed by atoms with E-state index in [9.17, 15) is 43.5 Å². The van der Waals surface area contributed by atoms with Crippen LogP contribution in [-0.2, 0) is 52.7 Å². The van der Waals surface area contributed by atoms with Crippen LogP contribution in [0.4, 0.5) is 0 Å². The second-order valence-corrected chi connectivity index (χ2v) is 28.3. The highest BCUT2D eigenvalue weighted by Gasteiger charge is 2.45. The SMILES string of the molecule is C/C=C/C[C@H](C)[C@H](O)C(C(=O)N[C@@H](CC)C(=O)N(C)CC(=O)N(C)[C@@H](CC(C)C)C(N)=O)N(C)C(=O)[C@H](C(C)C)N(C)C(=O)[C@@H](CC(C)C)N(C)C(=O)[C@@H](CC(C)C)N(C)C(=O)[C@H](C)NC(=O)[C@@H](CC(C)C)NC(=O)[C@H](CC(C)C)N(C)C(=O)[C@H](C)CC(C)C. The zero-order chi connectivity index (χ0) is 70.3. The summed E-state index contributed by atoms with van der Waals surface area (Å²) in [5.74, 6) is -8.11. The van der Waals surface area contributed by atoms with Crippen molar-refractivity contribution in [3.8, 4) is 0 Å². The van der Waals surface area contributed by atoms with E-state index in [1.807, 2.05) is 96.1 Å². The van der Waals surface area contributed by atoms with Crippen LogP contribution in [0, 0.1) is 53.3 Å².